The zero-order valence-corrected chi connectivity index (χ0v) is 15.3. The molecule has 2 fully saturated rings. The molecule has 3 heterocycles. The molecule has 1 aliphatic carbocycles. The van der Waals surface area contributed by atoms with E-state index in [4.69, 9.17) is 0 Å². The van der Waals surface area contributed by atoms with Gasteiger partial charge in [0.1, 0.15) is 0 Å². The van der Waals surface area contributed by atoms with E-state index in [2.05, 4.69) is 50.5 Å². The van der Waals surface area contributed by atoms with Gasteiger partial charge in [0.05, 0.1) is 35.1 Å². The fraction of sp³-hybridized carbons (Fsp3) is 0.429. The average molecular weight is 358 g/mol. The molecule has 0 atom stereocenters. The molecule has 6 nitrogen and oxygen atoms in total. The lowest BCUT2D eigenvalue weighted by Crippen LogP contribution is -2.20. The predicted molar refractivity (Wildman–Crippen MR) is 104 cm³/mol. The molecule has 1 aliphatic heterocycles. The lowest BCUT2D eigenvalue weighted by Gasteiger charge is -2.21. The van der Waals surface area contributed by atoms with E-state index in [0.29, 0.717) is 0 Å². The molecule has 1 saturated heterocycles. The number of nitriles is 1. The monoisotopic (exact) mass is 358 g/mol. The number of rotatable bonds is 3. The number of anilines is 1. The first-order chi connectivity index (χ1) is 13.3. The zero-order chi connectivity index (χ0) is 18.3. The maximum atomic E-state index is 9.84. The van der Waals surface area contributed by atoms with Gasteiger partial charge in [0.25, 0.3) is 0 Å². The van der Waals surface area contributed by atoms with E-state index in [9.17, 15) is 5.26 Å². The summed E-state index contributed by atoms with van der Waals surface area (Å²) in [6.45, 7) is 2.07. The molecular weight excluding hydrogens is 336 g/mol. The van der Waals surface area contributed by atoms with Crippen molar-refractivity contribution in [1.29, 1.82) is 5.26 Å². The Labute approximate surface area is 158 Å². The van der Waals surface area contributed by atoms with Crippen molar-refractivity contribution < 1.29 is 0 Å². The van der Waals surface area contributed by atoms with Gasteiger partial charge in [-0.2, -0.15) is 15.5 Å². The Hall–Kier alpha value is -2.94. The van der Waals surface area contributed by atoms with Gasteiger partial charge in [-0.05, 0) is 37.3 Å². The SMILES string of the molecule is N#CC1(c2ccc3cnn(-c4cnnc(N5CCCC5)c4)c3c2)CCCC1. The van der Waals surface area contributed by atoms with Crippen LogP contribution in [0.4, 0.5) is 5.82 Å². The number of hydrogen-bond donors (Lipinski definition) is 0. The van der Waals surface area contributed by atoms with E-state index in [1.54, 1.807) is 6.20 Å². The quantitative estimate of drug-likeness (QED) is 0.713. The van der Waals surface area contributed by atoms with Crippen molar-refractivity contribution in [2.24, 2.45) is 0 Å². The minimum absolute atomic E-state index is 0.347. The number of fused-ring (bicyclic) bond motifs is 1. The van der Waals surface area contributed by atoms with E-state index in [0.717, 1.165) is 66.7 Å². The average Bonchev–Trinajstić information content (AvgIpc) is 3.48. The lowest BCUT2D eigenvalue weighted by atomic mass is 9.80. The minimum atomic E-state index is -0.347. The van der Waals surface area contributed by atoms with Crippen molar-refractivity contribution in [3.8, 4) is 11.8 Å². The van der Waals surface area contributed by atoms with Crippen molar-refractivity contribution >= 4 is 16.7 Å². The first-order valence-electron chi connectivity index (χ1n) is 9.77. The Kier molecular flexibility index (Phi) is 3.82. The molecule has 0 N–H and O–H groups in total. The second kappa shape index (κ2) is 6.34. The minimum Gasteiger partial charge on any atom is -0.355 e. The maximum absolute atomic E-state index is 9.84. The molecule has 6 heteroatoms. The summed E-state index contributed by atoms with van der Waals surface area (Å²) in [6, 6.07) is 11.0. The molecule has 1 aromatic carbocycles. The second-order valence-electron chi connectivity index (χ2n) is 7.70. The maximum Gasteiger partial charge on any atom is 0.153 e. The highest BCUT2D eigenvalue weighted by Crippen LogP contribution is 2.41. The van der Waals surface area contributed by atoms with Gasteiger partial charge >= 0.3 is 0 Å². The Morgan fingerprint density at radius 3 is 2.59 bits per heavy atom. The van der Waals surface area contributed by atoms with Crippen molar-refractivity contribution in [1.82, 2.24) is 20.0 Å². The molecular formula is C21H22N6. The van der Waals surface area contributed by atoms with Gasteiger partial charge in [-0.15, -0.1) is 5.10 Å². The molecule has 0 bridgehead atoms. The molecule has 5 rings (SSSR count). The van der Waals surface area contributed by atoms with Crippen LogP contribution in [-0.2, 0) is 5.41 Å². The number of hydrogen-bond acceptors (Lipinski definition) is 5. The van der Waals surface area contributed by atoms with E-state index in [1.807, 2.05) is 10.9 Å². The standard InChI is InChI=1S/C21H22N6/c22-15-21(7-1-2-8-21)17-6-5-16-13-24-27(19(16)11-17)18-12-20(25-23-14-18)26-9-3-4-10-26/h5-6,11-14H,1-4,7-10H2. The van der Waals surface area contributed by atoms with Crippen LogP contribution in [0.3, 0.4) is 0 Å². The van der Waals surface area contributed by atoms with Crippen LogP contribution in [0.1, 0.15) is 44.1 Å². The van der Waals surface area contributed by atoms with Gasteiger partial charge in [-0.3, -0.25) is 0 Å². The summed E-state index contributed by atoms with van der Waals surface area (Å²) in [5.74, 6) is 0.911. The lowest BCUT2D eigenvalue weighted by molar-refractivity contribution is 0.573. The summed E-state index contributed by atoms with van der Waals surface area (Å²) in [5.41, 5.74) is 2.70. The van der Waals surface area contributed by atoms with Crippen LogP contribution in [0.2, 0.25) is 0 Å². The zero-order valence-electron chi connectivity index (χ0n) is 15.3. The van der Waals surface area contributed by atoms with Crippen LogP contribution in [0.25, 0.3) is 16.6 Å². The first-order valence-corrected chi connectivity index (χ1v) is 9.77. The predicted octanol–water partition coefficient (Wildman–Crippen LogP) is 3.75. The summed E-state index contributed by atoms with van der Waals surface area (Å²) in [7, 11) is 0. The second-order valence-corrected chi connectivity index (χ2v) is 7.70. The van der Waals surface area contributed by atoms with Crippen molar-refractivity contribution in [2.75, 3.05) is 18.0 Å². The Bertz CT molecular complexity index is 1020. The Balaban J connectivity index is 1.59. The van der Waals surface area contributed by atoms with Crippen LogP contribution in [0, 0.1) is 11.3 Å². The van der Waals surface area contributed by atoms with E-state index in [-0.39, 0.29) is 5.41 Å². The molecule has 136 valence electrons. The van der Waals surface area contributed by atoms with Crippen molar-refractivity contribution in [3.05, 3.63) is 42.2 Å². The fourth-order valence-corrected chi connectivity index (χ4v) is 4.53. The third-order valence-electron chi connectivity index (χ3n) is 6.10. The third kappa shape index (κ3) is 2.66. The highest BCUT2D eigenvalue weighted by Gasteiger charge is 2.36. The van der Waals surface area contributed by atoms with Gasteiger partial charge in [0, 0.05) is 24.5 Å². The van der Waals surface area contributed by atoms with Gasteiger partial charge in [-0.25, -0.2) is 4.68 Å². The molecule has 0 radical (unpaired) electrons. The van der Waals surface area contributed by atoms with Gasteiger partial charge in [0.2, 0.25) is 0 Å². The van der Waals surface area contributed by atoms with Crippen LogP contribution in [-0.4, -0.2) is 33.1 Å². The number of benzene rings is 1. The van der Waals surface area contributed by atoms with E-state index >= 15 is 0 Å². The first kappa shape index (κ1) is 16.2. The van der Waals surface area contributed by atoms with Crippen LogP contribution < -0.4 is 4.90 Å². The van der Waals surface area contributed by atoms with Crippen LogP contribution in [0.15, 0.2) is 36.7 Å². The molecule has 27 heavy (non-hydrogen) atoms. The smallest absolute Gasteiger partial charge is 0.153 e. The number of aromatic nitrogens is 4. The van der Waals surface area contributed by atoms with Crippen LogP contribution >= 0.6 is 0 Å². The Morgan fingerprint density at radius 1 is 1.00 bits per heavy atom. The van der Waals surface area contributed by atoms with Crippen molar-refractivity contribution in [2.45, 2.75) is 43.9 Å². The molecule has 0 amide bonds. The fourth-order valence-electron chi connectivity index (χ4n) is 4.53. The molecule has 2 aliphatic rings. The highest BCUT2D eigenvalue weighted by molar-refractivity contribution is 5.81. The van der Waals surface area contributed by atoms with Gasteiger partial charge < -0.3 is 4.90 Å². The summed E-state index contributed by atoms with van der Waals surface area (Å²) in [5, 5.41) is 24.0. The summed E-state index contributed by atoms with van der Waals surface area (Å²) < 4.78 is 1.92. The summed E-state index contributed by atoms with van der Waals surface area (Å²) >= 11 is 0. The Morgan fingerprint density at radius 2 is 1.81 bits per heavy atom. The summed E-state index contributed by atoms with van der Waals surface area (Å²) in [6.07, 6.45) is 10.2. The number of nitrogens with zero attached hydrogens (tertiary/aromatic N) is 6. The van der Waals surface area contributed by atoms with E-state index < -0.39 is 0 Å². The van der Waals surface area contributed by atoms with Gasteiger partial charge in [-0.1, -0.05) is 25.0 Å². The van der Waals surface area contributed by atoms with Crippen LogP contribution in [0.5, 0.6) is 0 Å². The largest absolute Gasteiger partial charge is 0.355 e. The summed E-state index contributed by atoms with van der Waals surface area (Å²) in [4.78, 5) is 2.27. The molecule has 2 aromatic heterocycles. The molecule has 3 aromatic rings. The topological polar surface area (TPSA) is 70.6 Å². The normalized spacial score (nSPS) is 18.9. The highest BCUT2D eigenvalue weighted by atomic mass is 15.3. The third-order valence-corrected chi connectivity index (χ3v) is 6.10. The van der Waals surface area contributed by atoms with Crippen molar-refractivity contribution in [3.63, 3.8) is 0 Å². The van der Waals surface area contributed by atoms with E-state index in [1.165, 1.54) is 12.8 Å². The molecule has 1 saturated carbocycles. The van der Waals surface area contributed by atoms with Gasteiger partial charge in [0.15, 0.2) is 5.82 Å². The molecule has 0 unspecified atom stereocenters. The molecule has 0 spiro atoms.